The lowest BCUT2D eigenvalue weighted by molar-refractivity contribution is -0.137. The van der Waals surface area contributed by atoms with Crippen molar-refractivity contribution >= 4 is 34.9 Å². The van der Waals surface area contributed by atoms with Gasteiger partial charge in [-0.1, -0.05) is 35.3 Å². The van der Waals surface area contributed by atoms with Crippen molar-refractivity contribution in [2.45, 2.75) is 25.7 Å². The molecule has 0 aliphatic heterocycles. The van der Waals surface area contributed by atoms with Gasteiger partial charge in [0.1, 0.15) is 0 Å². The van der Waals surface area contributed by atoms with Crippen LogP contribution in [0, 0.1) is 0 Å². The minimum absolute atomic E-state index is 0.0635. The standard InChI is InChI=1S/C21H19Cl2F3N4O/c22-18-6-5-15(11-19(18)23)13-30(9-2-8-29-10-7-27-14-29)20(31)28-17-4-1-3-16(12-17)21(24,25)26/h1,3-7,10-12,14H,2,8-9,13H2,(H,28,31). The van der Waals surface area contributed by atoms with Gasteiger partial charge in [-0.3, -0.25) is 0 Å². The Morgan fingerprint density at radius 3 is 2.61 bits per heavy atom. The molecule has 3 rings (SSSR count). The number of benzene rings is 2. The number of nitrogens with zero attached hydrogens (tertiary/aromatic N) is 3. The van der Waals surface area contributed by atoms with Gasteiger partial charge in [0.25, 0.3) is 0 Å². The number of aromatic nitrogens is 2. The maximum atomic E-state index is 13.0. The molecule has 2 aromatic carbocycles. The Hall–Kier alpha value is -2.71. The number of imidazole rings is 1. The molecule has 0 aliphatic carbocycles. The van der Waals surface area contributed by atoms with Crippen LogP contribution in [-0.4, -0.2) is 27.0 Å². The largest absolute Gasteiger partial charge is 0.416 e. The molecule has 5 nitrogen and oxygen atoms in total. The first-order valence-corrected chi connectivity index (χ1v) is 10.1. The Kier molecular flexibility index (Phi) is 7.46. The molecule has 0 saturated carbocycles. The monoisotopic (exact) mass is 470 g/mol. The third kappa shape index (κ3) is 6.63. The SMILES string of the molecule is O=C(Nc1cccc(C(F)(F)F)c1)N(CCCn1ccnc1)Cc1ccc(Cl)c(Cl)c1. The van der Waals surface area contributed by atoms with E-state index in [2.05, 4.69) is 10.3 Å². The number of carbonyl (C=O) groups is 1. The van der Waals surface area contributed by atoms with Gasteiger partial charge in [0.15, 0.2) is 0 Å². The number of rotatable bonds is 7. The maximum Gasteiger partial charge on any atom is 0.416 e. The summed E-state index contributed by atoms with van der Waals surface area (Å²) in [5.74, 6) is 0. The number of urea groups is 1. The molecule has 1 aromatic heterocycles. The number of hydrogen-bond acceptors (Lipinski definition) is 2. The molecule has 0 bridgehead atoms. The number of anilines is 1. The van der Waals surface area contributed by atoms with E-state index in [4.69, 9.17) is 23.2 Å². The summed E-state index contributed by atoms with van der Waals surface area (Å²) >= 11 is 12.0. The van der Waals surface area contributed by atoms with Gasteiger partial charge in [0.05, 0.1) is 21.9 Å². The molecule has 2 amide bonds. The Bertz CT molecular complexity index is 1030. The van der Waals surface area contributed by atoms with Gasteiger partial charge in [0.2, 0.25) is 0 Å². The zero-order valence-corrected chi connectivity index (χ0v) is 17.8. The maximum absolute atomic E-state index is 13.0. The molecule has 1 heterocycles. The van der Waals surface area contributed by atoms with Crippen LogP contribution in [0.15, 0.2) is 61.2 Å². The second-order valence-electron chi connectivity index (χ2n) is 6.83. The van der Waals surface area contributed by atoms with Crippen molar-refractivity contribution in [3.63, 3.8) is 0 Å². The molecule has 0 spiro atoms. The minimum atomic E-state index is -4.49. The van der Waals surface area contributed by atoms with Crippen LogP contribution in [0.1, 0.15) is 17.5 Å². The molecule has 1 N–H and O–H groups in total. The summed E-state index contributed by atoms with van der Waals surface area (Å²) in [7, 11) is 0. The fourth-order valence-corrected chi connectivity index (χ4v) is 3.27. The molecule has 10 heteroatoms. The molecule has 0 radical (unpaired) electrons. The van der Waals surface area contributed by atoms with Crippen LogP contribution in [0.2, 0.25) is 10.0 Å². The average Bonchev–Trinajstić information content (AvgIpc) is 3.23. The molecule has 0 saturated heterocycles. The molecule has 0 aliphatic rings. The highest BCUT2D eigenvalue weighted by molar-refractivity contribution is 6.42. The van der Waals surface area contributed by atoms with E-state index < -0.39 is 17.8 Å². The van der Waals surface area contributed by atoms with E-state index in [1.54, 1.807) is 30.7 Å². The van der Waals surface area contributed by atoms with Crippen LogP contribution in [0.25, 0.3) is 0 Å². The van der Waals surface area contributed by atoms with E-state index >= 15 is 0 Å². The summed E-state index contributed by atoms with van der Waals surface area (Å²) in [6.07, 6.45) is 1.27. The molecule has 0 fully saturated rings. The molecule has 164 valence electrons. The Morgan fingerprint density at radius 2 is 1.94 bits per heavy atom. The van der Waals surface area contributed by atoms with Gasteiger partial charge in [-0.15, -0.1) is 0 Å². The number of hydrogen-bond donors (Lipinski definition) is 1. The van der Waals surface area contributed by atoms with Crippen molar-refractivity contribution in [2.75, 3.05) is 11.9 Å². The summed E-state index contributed by atoms with van der Waals surface area (Å²) in [5.41, 5.74) is -0.0220. The summed E-state index contributed by atoms with van der Waals surface area (Å²) in [5, 5.41) is 3.30. The number of nitrogens with one attached hydrogen (secondary N) is 1. The number of amides is 2. The third-order valence-corrected chi connectivity index (χ3v) is 5.23. The van der Waals surface area contributed by atoms with E-state index in [1.807, 2.05) is 10.8 Å². The molecule has 3 aromatic rings. The topological polar surface area (TPSA) is 50.2 Å². The fraction of sp³-hybridized carbons (Fsp3) is 0.238. The number of aryl methyl sites for hydroxylation is 1. The quantitative estimate of drug-likeness (QED) is 0.438. The summed E-state index contributed by atoms with van der Waals surface area (Å²) in [6, 6.07) is 9.04. The van der Waals surface area contributed by atoms with Crippen molar-refractivity contribution in [1.82, 2.24) is 14.5 Å². The normalized spacial score (nSPS) is 11.4. The Morgan fingerprint density at radius 1 is 1.13 bits per heavy atom. The van der Waals surface area contributed by atoms with Crippen molar-refractivity contribution in [3.05, 3.63) is 82.4 Å². The van der Waals surface area contributed by atoms with Crippen LogP contribution >= 0.6 is 23.2 Å². The van der Waals surface area contributed by atoms with Crippen molar-refractivity contribution in [1.29, 1.82) is 0 Å². The van der Waals surface area contributed by atoms with Crippen molar-refractivity contribution in [3.8, 4) is 0 Å². The van der Waals surface area contributed by atoms with Crippen LogP contribution in [0.5, 0.6) is 0 Å². The van der Waals surface area contributed by atoms with Gasteiger partial charge >= 0.3 is 12.2 Å². The molecular formula is C21H19Cl2F3N4O. The van der Waals surface area contributed by atoms with Crippen molar-refractivity contribution < 1.29 is 18.0 Å². The van der Waals surface area contributed by atoms with E-state index in [0.29, 0.717) is 29.6 Å². The first-order valence-electron chi connectivity index (χ1n) is 9.35. The lowest BCUT2D eigenvalue weighted by Crippen LogP contribution is -2.35. The van der Waals surface area contributed by atoms with Gasteiger partial charge < -0.3 is 14.8 Å². The lowest BCUT2D eigenvalue weighted by atomic mass is 10.2. The highest BCUT2D eigenvalue weighted by atomic mass is 35.5. The lowest BCUT2D eigenvalue weighted by Gasteiger charge is -2.24. The second kappa shape index (κ2) is 10.1. The number of alkyl halides is 3. The number of halogens is 5. The fourth-order valence-electron chi connectivity index (χ4n) is 2.95. The van der Waals surface area contributed by atoms with Crippen LogP contribution in [-0.2, 0) is 19.3 Å². The molecule has 0 unspecified atom stereocenters. The van der Waals surface area contributed by atoms with E-state index in [1.165, 1.54) is 17.0 Å². The van der Waals surface area contributed by atoms with E-state index in [0.717, 1.165) is 17.7 Å². The first-order chi connectivity index (χ1) is 14.7. The smallest absolute Gasteiger partial charge is 0.337 e. The third-order valence-electron chi connectivity index (χ3n) is 4.49. The van der Waals surface area contributed by atoms with Crippen LogP contribution < -0.4 is 5.32 Å². The highest BCUT2D eigenvalue weighted by Gasteiger charge is 2.30. The zero-order valence-electron chi connectivity index (χ0n) is 16.2. The summed E-state index contributed by atoms with van der Waals surface area (Å²) < 4.78 is 40.8. The highest BCUT2D eigenvalue weighted by Crippen LogP contribution is 2.30. The van der Waals surface area contributed by atoms with Crippen molar-refractivity contribution in [2.24, 2.45) is 0 Å². The Balaban J connectivity index is 1.73. The molecule has 0 atom stereocenters. The second-order valence-corrected chi connectivity index (χ2v) is 7.65. The average molecular weight is 471 g/mol. The van der Waals surface area contributed by atoms with Gasteiger partial charge in [-0.05, 0) is 42.3 Å². The Labute approximate surface area is 187 Å². The minimum Gasteiger partial charge on any atom is -0.337 e. The summed E-state index contributed by atoms with van der Waals surface area (Å²) in [4.78, 5) is 18.4. The molecule has 31 heavy (non-hydrogen) atoms. The van der Waals surface area contributed by atoms with Crippen LogP contribution in [0.4, 0.5) is 23.7 Å². The van der Waals surface area contributed by atoms with Gasteiger partial charge in [-0.25, -0.2) is 9.78 Å². The van der Waals surface area contributed by atoms with Gasteiger partial charge in [0, 0.05) is 37.7 Å². The summed E-state index contributed by atoms with van der Waals surface area (Å²) in [6.45, 7) is 1.21. The molecular weight excluding hydrogens is 452 g/mol. The van der Waals surface area contributed by atoms with E-state index in [9.17, 15) is 18.0 Å². The van der Waals surface area contributed by atoms with Crippen LogP contribution in [0.3, 0.4) is 0 Å². The predicted molar refractivity (Wildman–Crippen MR) is 114 cm³/mol. The zero-order chi connectivity index (χ0) is 22.4. The first kappa shape index (κ1) is 23.0. The predicted octanol–water partition coefficient (Wildman–Crippen LogP) is 6.33. The number of carbonyl (C=O) groups excluding carboxylic acids is 1. The van der Waals surface area contributed by atoms with E-state index in [-0.39, 0.29) is 12.2 Å². The van der Waals surface area contributed by atoms with Gasteiger partial charge in [-0.2, -0.15) is 13.2 Å².